The fraction of sp³-hybridized carbons (Fsp3) is 0.200. The zero-order valence-electron chi connectivity index (χ0n) is 14.6. The summed E-state index contributed by atoms with van der Waals surface area (Å²) in [6, 6.07) is 13.5. The summed E-state index contributed by atoms with van der Waals surface area (Å²) in [7, 11) is 0. The molecule has 5 nitrogen and oxygen atoms in total. The highest BCUT2D eigenvalue weighted by Crippen LogP contribution is 2.38. The molecule has 0 atom stereocenters. The van der Waals surface area contributed by atoms with E-state index in [1.807, 2.05) is 62.4 Å². The van der Waals surface area contributed by atoms with Crippen LogP contribution in [0.25, 0.3) is 6.08 Å². The number of amides is 1. The number of thioether (sulfide) groups is 1. The highest BCUT2D eigenvalue weighted by atomic mass is 32.2. The van der Waals surface area contributed by atoms with Gasteiger partial charge in [0.05, 0.1) is 10.6 Å². The smallest absolute Gasteiger partial charge is 0.271 e. The van der Waals surface area contributed by atoms with Crippen molar-refractivity contribution in [3.63, 3.8) is 0 Å². The Kier molecular flexibility index (Phi) is 4.42. The van der Waals surface area contributed by atoms with Crippen LogP contribution in [-0.2, 0) is 4.79 Å². The van der Waals surface area contributed by atoms with Crippen molar-refractivity contribution in [3.05, 3.63) is 58.5 Å². The molecule has 2 aliphatic rings. The molecule has 0 radical (unpaired) electrons. The van der Waals surface area contributed by atoms with Gasteiger partial charge in [-0.2, -0.15) is 0 Å². The van der Waals surface area contributed by atoms with Crippen LogP contribution >= 0.6 is 11.8 Å². The van der Waals surface area contributed by atoms with E-state index >= 15 is 0 Å². The average Bonchev–Trinajstić information content (AvgIpc) is 3.21. The molecule has 0 aliphatic carbocycles. The van der Waals surface area contributed by atoms with E-state index in [0.717, 1.165) is 22.6 Å². The molecule has 26 heavy (non-hydrogen) atoms. The minimum absolute atomic E-state index is 0.0610. The first kappa shape index (κ1) is 16.7. The van der Waals surface area contributed by atoms with Gasteiger partial charge < -0.3 is 9.47 Å². The molecule has 2 aromatic rings. The number of para-hydroxylation sites is 1. The maximum atomic E-state index is 13.1. The second-order valence-corrected chi connectivity index (χ2v) is 6.92. The Morgan fingerprint density at radius 1 is 1.19 bits per heavy atom. The number of carbonyl (C=O) groups excluding carboxylic acids is 1. The fourth-order valence-corrected chi connectivity index (χ4v) is 3.93. The maximum Gasteiger partial charge on any atom is 0.271 e. The van der Waals surface area contributed by atoms with E-state index in [1.54, 1.807) is 4.90 Å². The number of amidine groups is 1. The van der Waals surface area contributed by atoms with Crippen molar-refractivity contribution >= 4 is 34.6 Å². The molecule has 2 aliphatic heterocycles. The number of fused-ring (bicyclic) bond motifs is 1. The van der Waals surface area contributed by atoms with Crippen molar-refractivity contribution < 1.29 is 14.3 Å². The van der Waals surface area contributed by atoms with E-state index in [-0.39, 0.29) is 12.7 Å². The summed E-state index contributed by atoms with van der Waals surface area (Å²) in [6.45, 7) is 4.82. The minimum Gasteiger partial charge on any atom is -0.454 e. The van der Waals surface area contributed by atoms with Crippen LogP contribution in [0.4, 0.5) is 5.69 Å². The van der Waals surface area contributed by atoms with Crippen LogP contribution in [0.1, 0.15) is 18.1 Å². The lowest BCUT2D eigenvalue weighted by Gasteiger charge is -2.17. The van der Waals surface area contributed by atoms with Gasteiger partial charge >= 0.3 is 0 Å². The first-order valence-corrected chi connectivity index (χ1v) is 9.22. The summed E-state index contributed by atoms with van der Waals surface area (Å²) >= 11 is 1.40. The molecular formula is C20H18N2O3S. The van der Waals surface area contributed by atoms with Gasteiger partial charge in [-0.25, -0.2) is 0 Å². The molecule has 1 amide bonds. The van der Waals surface area contributed by atoms with Gasteiger partial charge in [0.25, 0.3) is 5.91 Å². The molecule has 1 saturated heterocycles. The highest BCUT2D eigenvalue weighted by Gasteiger charge is 2.35. The SMILES string of the molecule is CCN=C1S/C(=C\c2ccc3c(c2)OCO3)C(=O)N1c1ccccc1C. The number of benzene rings is 2. The largest absolute Gasteiger partial charge is 0.454 e. The number of nitrogens with zero attached hydrogens (tertiary/aromatic N) is 2. The quantitative estimate of drug-likeness (QED) is 0.763. The molecule has 1 fully saturated rings. The summed E-state index contributed by atoms with van der Waals surface area (Å²) in [5.74, 6) is 1.37. The Morgan fingerprint density at radius 3 is 2.81 bits per heavy atom. The maximum absolute atomic E-state index is 13.1. The summed E-state index contributed by atoms with van der Waals surface area (Å²) < 4.78 is 10.8. The number of aliphatic imine (C=N–C) groups is 1. The van der Waals surface area contributed by atoms with Gasteiger partial charge in [-0.1, -0.05) is 24.3 Å². The normalized spacial score (nSPS) is 19.0. The van der Waals surface area contributed by atoms with Crippen LogP contribution in [0.2, 0.25) is 0 Å². The number of ether oxygens (including phenoxy) is 2. The molecule has 0 aromatic heterocycles. The molecule has 2 aromatic carbocycles. The van der Waals surface area contributed by atoms with Crippen LogP contribution in [0.15, 0.2) is 52.4 Å². The van der Waals surface area contributed by atoms with Crippen molar-refractivity contribution in [2.45, 2.75) is 13.8 Å². The lowest BCUT2D eigenvalue weighted by Crippen LogP contribution is -2.29. The minimum atomic E-state index is -0.0610. The predicted octanol–water partition coefficient (Wildman–Crippen LogP) is 4.22. The lowest BCUT2D eigenvalue weighted by molar-refractivity contribution is -0.113. The van der Waals surface area contributed by atoms with E-state index in [2.05, 4.69) is 4.99 Å². The van der Waals surface area contributed by atoms with E-state index in [4.69, 9.17) is 9.47 Å². The molecule has 0 unspecified atom stereocenters. The summed E-state index contributed by atoms with van der Waals surface area (Å²) in [5.41, 5.74) is 2.80. The van der Waals surface area contributed by atoms with Crippen LogP contribution in [0.3, 0.4) is 0 Å². The van der Waals surface area contributed by atoms with Crippen LogP contribution in [0, 0.1) is 6.92 Å². The molecule has 0 bridgehead atoms. The topological polar surface area (TPSA) is 51.1 Å². The van der Waals surface area contributed by atoms with Gasteiger partial charge in [0.2, 0.25) is 6.79 Å². The number of anilines is 1. The molecule has 0 spiro atoms. The Hall–Kier alpha value is -2.73. The Morgan fingerprint density at radius 2 is 2.00 bits per heavy atom. The summed E-state index contributed by atoms with van der Waals surface area (Å²) in [4.78, 5) is 19.9. The monoisotopic (exact) mass is 366 g/mol. The molecule has 132 valence electrons. The van der Waals surface area contributed by atoms with Gasteiger partial charge in [-0.15, -0.1) is 0 Å². The molecule has 0 saturated carbocycles. The van der Waals surface area contributed by atoms with E-state index in [1.165, 1.54) is 11.8 Å². The number of rotatable bonds is 3. The lowest BCUT2D eigenvalue weighted by atomic mass is 10.1. The van der Waals surface area contributed by atoms with Gasteiger partial charge in [-0.3, -0.25) is 14.7 Å². The average molecular weight is 366 g/mol. The van der Waals surface area contributed by atoms with Crippen LogP contribution < -0.4 is 14.4 Å². The highest BCUT2D eigenvalue weighted by molar-refractivity contribution is 8.19. The van der Waals surface area contributed by atoms with Crippen molar-refractivity contribution in [1.82, 2.24) is 0 Å². The van der Waals surface area contributed by atoms with Crippen molar-refractivity contribution in [2.24, 2.45) is 4.99 Å². The third-order valence-electron chi connectivity index (χ3n) is 4.15. The second kappa shape index (κ2) is 6.88. The molecule has 2 heterocycles. The summed E-state index contributed by atoms with van der Waals surface area (Å²) in [5, 5.41) is 0.707. The third kappa shape index (κ3) is 2.97. The zero-order valence-corrected chi connectivity index (χ0v) is 15.4. The molecule has 4 rings (SSSR count). The first-order valence-electron chi connectivity index (χ1n) is 8.41. The van der Waals surface area contributed by atoms with E-state index in [9.17, 15) is 4.79 Å². The van der Waals surface area contributed by atoms with Crippen LogP contribution in [-0.4, -0.2) is 24.4 Å². The summed E-state index contributed by atoms with van der Waals surface area (Å²) in [6.07, 6.45) is 1.87. The molecule has 0 N–H and O–H groups in total. The van der Waals surface area contributed by atoms with Crippen molar-refractivity contribution in [1.29, 1.82) is 0 Å². The van der Waals surface area contributed by atoms with Gasteiger partial charge in [0, 0.05) is 6.54 Å². The van der Waals surface area contributed by atoms with E-state index < -0.39 is 0 Å². The molecular weight excluding hydrogens is 348 g/mol. The van der Waals surface area contributed by atoms with Gasteiger partial charge in [0.15, 0.2) is 16.7 Å². The fourth-order valence-electron chi connectivity index (χ4n) is 2.90. The number of hydrogen-bond acceptors (Lipinski definition) is 5. The zero-order chi connectivity index (χ0) is 18.1. The number of aryl methyl sites for hydroxylation is 1. The number of hydrogen-bond donors (Lipinski definition) is 0. The first-order chi connectivity index (χ1) is 12.7. The second-order valence-electron chi connectivity index (χ2n) is 5.91. The van der Waals surface area contributed by atoms with Gasteiger partial charge in [-0.05, 0) is 61.0 Å². The van der Waals surface area contributed by atoms with Gasteiger partial charge in [0.1, 0.15) is 0 Å². The van der Waals surface area contributed by atoms with E-state index in [0.29, 0.717) is 22.4 Å². The Balaban J connectivity index is 1.71. The Labute approximate surface area is 156 Å². The Bertz CT molecular complexity index is 936. The molecule has 6 heteroatoms. The third-order valence-corrected chi connectivity index (χ3v) is 5.16. The van der Waals surface area contributed by atoms with Crippen molar-refractivity contribution in [3.8, 4) is 11.5 Å². The van der Waals surface area contributed by atoms with Crippen molar-refractivity contribution in [2.75, 3.05) is 18.2 Å². The number of carbonyl (C=O) groups is 1. The predicted molar refractivity (Wildman–Crippen MR) is 105 cm³/mol. The standard InChI is InChI=1S/C20H18N2O3S/c1-3-21-20-22(15-7-5-4-6-13(15)2)19(23)18(26-20)11-14-8-9-16-17(10-14)25-12-24-16/h4-11H,3,12H2,1-2H3/b18-11-,21-20?. The van der Waals surface area contributed by atoms with Crippen LogP contribution in [0.5, 0.6) is 11.5 Å².